The highest BCUT2D eigenvalue weighted by molar-refractivity contribution is 7.91. The van der Waals surface area contributed by atoms with Gasteiger partial charge in [-0.15, -0.1) is 0 Å². The second-order valence-electron chi connectivity index (χ2n) is 6.50. The summed E-state index contributed by atoms with van der Waals surface area (Å²) in [6.07, 6.45) is -2.73. The van der Waals surface area contributed by atoms with Crippen LogP contribution in [0.2, 0.25) is 0 Å². The molecule has 3 rings (SSSR count). The predicted molar refractivity (Wildman–Crippen MR) is 107 cm³/mol. The Balaban J connectivity index is 2.02. The van der Waals surface area contributed by atoms with E-state index in [4.69, 9.17) is 4.42 Å². The van der Waals surface area contributed by atoms with Crippen molar-refractivity contribution < 1.29 is 48.2 Å². The van der Waals surface area contributed by atoms with E-state index < -0.39 is 48.7 Å². The molecule has 0 bridgehead atoms. The smallest absolute Gasteiger partial charge is 0.435 e. The number of pyridine rings is 1. The molecule has 16 heteroatoms. The molecule has 0 N–H and O–H groups in total. The van der Waals surface area contributed by atoms with Crippen LogP contribution < -0.4 is 0 Å². The normalized spacial score (nSPS) is 14.1. The molecule has 0 radical (unpaired) electrons. The number of halogens is 6. The van der Waals surface area contributed by atoms with Crippen LogP contribution in [-0.4, -0.2) is 52.9 Å². The van der Waals surface area contributed by atoms with Gasteiger partial charge in [0.05, 0.1) is 21.8 Å². The molecule has 0 aliphatic rings. The van der Waals surface area contributed by atoms with E-state index in [1.165, 1.54) is 6.92 Å². The second-order valence-corrected chi connectivity index (χ2v) is 10.2. The minimum atomic E-state index is -4.99. The van der Waals surface area contributed by atoms with Crippen LogP contribution in [0.1, 0.15) is 12.5 Å². The molecule has 34 heavy (non-hydrogen) atoms. The zero-order valence-electron chi connectivity index (χ0n) is 16.8. The lowest BCUT2D eigenvalue weighted by Crippen LogP contribution is -2.16. The molecule has 3 aromatic rings. The zero-order valence-corrected chi connectivity index (χ0v) is 18.5. The first-order valence-electron chi connectivity index (χ1n) is 9.06. The number of alkyl halides is 6. The molecule has 0 fully saturated rings. The second kappa shape index (κ2) is 9.32. The van der Waals surface area contributed by atoms with Crippen molar-refractivity contribution in [2.45, 2.75) is 28.4 Å². The molecule has 1 aromatic carbocycles. The highest BCUT2D eigenvalue weighted by Crippen LogP contribution is 2.32. The van der Waals surface area contributed by atoms with Gasteiger partial charge in [-0.3, -0.25) is 0 Å². The van der Waals surface area contributed by atoms with Crippen molar-refractivity contribution in [3.63, 3.8) is 0 Å². The molecule has 0 saturated heterocycles. The van der Waals surface area contributed by atoms with Crippen LogP contribution in [0.15, 0.2) is 49.8 Å². The predicted octanol–water partition coefficient (Wildman–Crippen LogP) is 4.22. The van der Waals surface area contributed by atoms with Gasteiger partial charge in [-0.1, -0.05) is 12.1 Å². The Morgan fingerprint density at radius 2 is 1.88 bits per heavy atom. The fraction of sp³-hybridized carbons (Fsp3) is 0.278. The van der Waals surface area contributed by atoms with Gasteiger partial charge in [-0.2, -0.15) is 26.3 Å². The van der Waals surface area contributed by atoms with Gasteiger partial charge in [0.1, 0.15) is 11.2 Å². The largest absolute Gasteiger partial charge is 0.475 e. The van der Waals surface area contributed by atoms with Gasteiger partial charge in [0, 0.05) is 11.8 Å². The summed E-state index contributed by atoms with van der Waals surface area (Å²) in [5, 5.41) is 3.12. The maximum atomic E-state index is 12.7. The van der Waals surface area contributed by atoms with E-state index in [9.17, 15) is 39.0 Å². The molecule has 0 saturated carbocycles. The lowest BCUT2D eigenvalue weighted by molar-refractivity contribution is -0.173. The van der Waals surface area contributed by atoms with Crippen LogP contribution in [-0.2, 0) is 25.5 Å². The molecule has 184 valence electrons. The van der Waals surface area contributed by atoms with Crippen LogP contribution in [0.4, 0.5) is 26.3 Å². The summed E-state index contributed by atoms with van der Waals surface area (Å²) in [5.74, 6) is -0.740. The fourth-order valence-electron chi connectivity index (χ4n) is 2.55. The monoisotopic (exact) mass is 529 g/mol. The minimum Gasteiger partial charge on any atom is -0.435 e. The van der Waals surface area contributed by atoms with Crippen LogP contribution in [0.25, 0.3) is 22.7 Å². The summed E-state index contributed by atoms with van der Waals surface area (Å²) in [7, 11) is -7.29. The van der Waals surface area contributed by atoms with Crippen LogP contribution in [0.5, 0.6) is 0 Å². The maximum absolute atomic E-state index is 12.7. The van der Waals surface area contributed by atoms with Gasteiger partial charge in [0.2, 0.25) is 12.5 Å². The van der Waals surface area contributed by atoms with Crippen LogP contribution in [0.3, 0.4) is 0 Å². The highest BCUT2D eigenvalue weighted by Gasteiger charge is 2.38. The van der Waals surface area contributed by atoms with E-state index in [1.54, 1.807) is 0 Å². The van der Waals surface area contributed by atoms with Crippen molar-refractivity contribution in [2.75, 3.05) is 12.4 Å². The van der Waals surface area contributed by atoms with Gasteiger partial charge in [-0.25, -0.2) is 22.6 Å². The van der Waals surface area contributed by atoms with Gasteiger partial charge in [0.25, 0.3) is 0 Å². The standard InChI is InChI=1S/C18H13F6N3O5S2/c1-2-34(29,30)14-5-10(8-26-31-9-17(19,20)21)7-25-15(14)16-27-12-6-11(3-4-13(12)32-16)33(28)18(22,23)24/h3-8H,2,9H2,1H3. The average molecular weight is 529 g/mol. The molecule has 0 aliphatic carbocycles. The summed E-state index contributed by atoms with van der Waals surface area (Å²) in [6, 6.07) is 3.97. The Morgan fingerprint density at radius 3 is 2.50 bits per heavy atom. The number of aromatic nitrogens is 2. The summed E-state index contributed by atoms with van der Waals surface area (Å²) < 4.78 is 117. The van der Waals surface area contributed by atoms with E-state index in [0.717, 1.165) is 36.7 Å². The number of rotatable bonds is 7. The average Bonchev–Trinajstić information content (AvgIpc) is 3.18. The lowest BCUT2D eigenvalue weighted by atomic mass is 10.2. The van der Waals surface area contributed by atoms with Gasteiger partial charge < -0.3 is 9.25 Å². The van der Waals surface area contributed by atoms with Crippen molar-refractivity contribution in [3.05, 3.63) is 36.0 Å². The molecule has 2 aromatic heterocycles. The molecule has 8 nitrogen and oxygen atoms in total. The molecule has 1 atom stereocenters. The molecular weight excluding hydrogens is 516 g/mol. The summed E-state index contributed by atoms with van der Waals surface area (Å²) >= 11 is 0. The van der Waals surface area contributed by atoms with Gasteiger partial charge in [-0.05, 0) is 24.3 Å². The SMILES string of the molecule is CCS(=O)(=O)c1cc(C=NOCC(F)(F)F)cnc1-c1nc2cc(S(=O)C(F)(F)F)ccc2o1. The van der Waals surface area contributed by atoms with E-state index in [-0.39, 0.29) is 34.0 Å². The van der Waals surface area contributed by atoms with Crippen molar-refractivity contribution in [2.24, 2.45) is 5.16 Å². The Hall–Kier alpha value is -3.01. The Morgan fingerprint density at radius 1 is 1.18 bits per heavy atom. The first kappa shape index (κ1) is 25.6. The first-order chi connectivity index (χ1) is 15.7. The van der Waals surface area contributed by atoms with E-state index in [1.807, 2.05) is 0 Å². The molecular formula is C18H13F6N3O5S2. The molecule has 0 aliphatic heterocycles. The summed E-state index contributed by atoms with van der Waals surface area (Å²) in [5.41, 5.74) is -5.45. The maximum Gasteiger partial charge on any atom is 0.475 e. The van der Waals surface area contributed by atoms with Crippen molar-refractivity contribution in [1.29, 1.82) is 0 Å². The number of sulfone groups is 1. The third-order valence-corrected chi connectivity index (χ3v) is 6.92. The van der Waals surface area contributed by atoms with E-state index in [2.05, 4.69) is 20.0 Å². The molecule has 2 heterocycles. The molecule has 0 amide bonds. The van der Waals surface area contributed by atoms with Crippen molar-refractivity contribution >= 4 is 38.0 Å². The third-order valence-electron chi connectivity index (χ3n) is 4.08. The van der Waals surface area contributed by atoms with Gasteiger partial charge >= 0.3 is 11.7 Å². The Bertz CT molecular complexity index is 1370. The van der Waals surface area contributed by atoms with Crippen molar-refractivity contribution in [1.82, 2.24) is 9.97 Å². The van der Waals surface area contributed by atoms with Crippen molar-refractivity contribution in [3.8, 4) is 11.6 Å². The number of benzene rings is 1. The summed E-state index contributed by atoms with van der Waals surface area (Å²) in [4.78, 5) is 11.0. The van der Waals surface area contributed by atoms with Crippen LogP contribution in [0, 0.1) is 0 Å². The number of hydrogen-bond acceptors (Lipinski definition) is 8. The quantitative estimate of drug-likeness (QED) is 0.256. The number of oxazole rings is 1. The van der Waals surface area contributed by atoms with E-state index in [0.29, 0.717) is 0 Å². The third kappa shape index (κ3) is 5.91. The lowest BCUT2D eigenvalue weighted by Gasteiger charge is -2.07. The zero-order chi connectivity index (χ0) is 25.3. The number of nitrogens with zero attached hydrogens (tertiary/aromatic N) is 3. The fourth-order valence-corrected chi connectivity index (χ4v) is 4.29. The van der Waals surface area contributed by atoms with Gasteiger partial charge in [0.15, 0.2) is 26.2 Å². The number of hydrogen-bond donors (Lipinski definition) is 0. The highest BCUT2D eigenvalue weighted by atomic mass is 32.2. The van der Waals surface area contributed by atoms with Crippen LogP contribution >= 0.6 is 0 Å². The number of fused-ring (bicyclic) bond motifs is 1. The Labute approximate surface area is 190 Å². The Kier molecular flexibility index (Phi) is 7.02. The minimum absolute atomic E-state index is 0.0167. The van der Waals surface area contributed by atoms with E-state index >= 15 is 0 Å². The summed E-state index contributed by atoms with van der Waals surface area (Å²) in [6.45, 7) is -0.323. The topological polar surface area (TPSA) is 112 Å². The molecule has 1 unspecified atom stereocenters. The molecule has 0 spiro atoms. The number of oxime groups is 1. The first-order valence-corrected chi connectivity index (χ1v) is 11.9.